The molecule has 0 aromatic rings. The van der Waals surface area contributed by atoms with Crippen molar-refractivity contribution in [3.63, 3.8) is 0 Å². The van der Waals surface area contributed by atoms with Gasteiger partial charge in [-0.2, -0.15) is 0 Å². The Morgan fingerprint density at radius 1 is 0.524 bits per heavy atom. The molecule has 0 saturated heterocycles. The first-order valence-corrected chi connectivity index (χ1v) is 3.76. The normalized spacial score (nSPS) is 6.76. The Kier molecular flexibility index (Phi) is 31.2. The number of carbonyl (C=O) groups is 4. The van der Waals surface area contributed by atoms with Gasteiger partial charge in [0.25, 0.3) is 0 Å². The maximum atomic E-state index is 9.10. The second kappa shape index (κ2) is 20.7. The van der Waals surface area contributed by atoms with Crippen molar-refractivity contribution in [2.45, 2.75) is 0 Å². The molecule has 118 valence electrons. The minimum Gasteiger partial charge on any atom is -1.00 e. The molecule has 10 N–H and O–H groups in total. The summed E-state index contributed by atoms with van der Waals surface area (Å²) in [7, 11) is -4.33. The SMILES string of the molecule is O=C(O)C(=O)O.O=C(O)C(=O)O.OB(O)O.OB(O)O.[H-].[Li+]. The summed E-state index contributed by atoms with van der Waals surface area (Å²) in [4.78, 5) is 36.4. The van der Waals surface area contributed by atoms with Crippen molar-refractivity contribution in [2.24, 2.45) is 0 Å². The molecule has 0 aliphatic carbocycles. The van der Waals surface area contributed by atoms with Crippen LogP contribution in [0.25, 0.3) is 0 Å². The first-order valence-electron chi connectivity index (χ1n) is 3.76. The summed E-state index contributed by atoms with van der Waals surface area (Å²) in [5.41, 5.74) is 0. The predicted octanol–water partition coefficient (Wildman–Crippen LogP) is -8.68. The second-order valence-electron chi connectivity index (χ2n) is 1.91. The molecule has 0 spiro atoms. The summed E-state index contributed by atoms with van der Waals surface area (Å²) < 4.78 is 0. The predicted molar refractivity (Wildman–Crippen MR) is 56.5 cm³/mol. The van der Waals surface area contributed by atoms with E-state index in [1.54, 1.807) is 0 Å². The van der Waals surface area contributed by atoms with Crippen LogP contribution in [0.5, 0.6) is 0 Å². The Labute approximate surface area is 129 Å². The van der Waals surface area contributed by atoms with E-state index in [9.17, 15) is 0 Å². The molecule has 0 atom stereocenters. The van der Waals surface area contributed by atoms with E-state index in [0.717, 1.165) is 0 Å². The van der Waals surface area contributed by atoms with Crippen molar-refractivity contribution in [2.75, 3.05) is 0 Å². The summed E-state index contributed by atoms with van der Waals surface area (Å²) in [6, 6.07) is 0. The number of carboxylic acids is 4. The Morgan fingerprint density at radius 3 is 0.571 bits per heavy atom. The van der Waals surface area contributed by atoms with Crippen LogP contribution in [0.3, 0.4) is 0 Å². The van der Waals surface area contributed by atoms with Crippen LogP contribution in [-0.4, -0.2) is 89.1 Å². The van der Waals surface area contributed by atoms with E-state index in [1.807, 2.05) is 0 Å². The van der Waals surface area contributed by atoms with Crippen LogP contribution < -0.4 is 18.9 Å². The molecule has 0 radical (unpaired) electrons. The van der Waals surface area contributed by atoms with Crippen LogP contribution in [0.1, 0.15) is 1.43 Å². The van der Waals surface area contributed by atoms with Gasteiger partial charge in [-0.15, -0.1) is 0 Å². The molecule has 21 heavy (non-hydrogen) atoms. The van der Waals surface area contributed by atoms with Crippen molar-refractivity contribution in [3.8, 4) is 0 Å². The van der Waals surface area contributed by atoms with Crippen molar-refractivity contribution >= 4 is 38.5 Å². The van der Waals surface area contributed by atoms with Gasteiger partial charge in [0.05, 0.1) is 0 Å². The third-order valence-electron chi connectivity index (χ3n) is 0.366. The first kappa shape index (κ1) is 31.7. The molecule has 0 aromatic carbocycles. The molecule has 0 saturated carbocycles. The second-order valence-corrected chi connectivity index (χ2v) is 1.91. The average molecular weight is 312 g/mol. The van der Waals surface area contributed by atoms with Gasteiger partial charge in [-0.25, -0.2) is 19.2 Å². The minimum atomic E-state index is -2.17. The average Bonchev–Trinajstić information content (AvgIpc) is 2.15. The summed E-state index contributed by atoms with van der Waals surface area (Å²) >= 11 is 0. The van der Waals surface area contributed by atoms with Gasteiger partial charge in [0.2, 0.25) is 0 Å². The van der Waals surface area contributed by atoms with Gasteiger partial charge >= 0.3 is 57.4 Å². The van der Waals surface area contributed by atoms with Crippen molar-refractivity contribution in [1.82, 2.24) is 0 Å². The van der Waals surface area contributed by atoms with Crippen LogP contribution in [0.4, 0.5) is 0 Å². The van der Waals surface area contributed by atoms with E-state index in [2.05, 4.69) is 0 Å². The van der Waals surface area contributed by atoms with E-state index in [0.29, 0.717) is 0 Å². The fourth-order valence-corrected chi connectivity index (χ4v) is 0. The molecular weight excluding hydrogens is 301 g/mol. The summed E-state index contributed by atoms with van der Waals surface area (Å²) in [5, 5.41) is 72.6. The van der Waals surface area contributed by atoms with Crippen molar-refractivity contribution < 1.29 is 90.0 Å². The largest absolute Gasteiger partial charge is 1.00 e. The Morgan fingerprint density at radius 2 is 0.571 bits per heavy atom. The molecule has 0 aliphatic heterocycles. The number of carboxylic acid groups (broad SMARTS) is 4. The standard InChI is InChI=1S/2C2H2O4.2BH3O3.Li.H/c2*3-1(4)2(5)6;2*2-1(3)4;;/h2*(H,3,4)(H,5,6);2*2-4H;;/q;;;;+1;-1. The molecule has 0 fully saturated rings. The number of aliphatic carboxylic acids is 4. The van der Waals surface area contributed by atoms with Gasteiger partial charge in [0.15, 0.2) is 0 Å². The van der Waals surface area contributed by atoms with Crippen molar-refractivity contribution in [3.05, 3.63) is 0 Å². The van der Waals surface area contributed by atoms with E-state index in [4.69, 9.17) is 69.7 Å². The summed E-state index contributed by atoms with van der Waals surface area (Å²) in [6.45, 7) is 0. The molecule has 0 aliphatic rings. The minimum absolute atomic E-state index is 0. The van der Waals surface area contributed by atoms with E-state index < -0.39 is 38.5 Å². The Bertz CT molecular complexity index is 250. The maximum Gasteiger partial charge on any atom is 1.00 e. The van der Waals surface area contributed by atoms with Gasteiger partial charge in [-0.1, -0.05) is 0 Å². The molecule has 14 nitrogen and oxygen atoms in total. The summed E-state index contributed by atoms with van der Waals surface area (Å²) in [6.07, 6.45) is 0. The molecule has 0 amide bonds. The zero-order chi connectivity index (χ0) is 17.5. The number of rotatable bonds is 0. The van der Waals surface area contributed by atoms with E-state index in [-0.39, 0.29) is 20.3 Å². The molecule has 0 heterocycles. The van der Waals surface area contributed by atoms with Crippen LogP contribution in [-0.2, 0) is 19.2 Å². The molecule has 0 unspecified atom stereocenters. The fourth-order valence-electron chi connectivity index (χ4n) is 0. The molecular formula is C4H11B2LiO14. The van der Waals surface area contributed by atoms with Crippen molar-refractivity contribution in [1.29, 1.82) is 0 Å². The quantitative estimate of drug-likeness (QED) is 0.147. The zero-order valence-electron chi connectivity index (χ0n) is 11.3. The first-order chi connectivity index (χ1) is 8.75. The Hall–Kier alpha value is -1.63. The van der Waals surface area contributed by atoms with Gasteiger partial charge in [0, 0.05) is 0 Å². The van der Waals surface area contributed by atoms with E-state index >= 15 is 0 Å². The van der Waals surface area contributed by atoms with Gasteiger partial charge < -0.3 is 52.0 Å². The maximum absolute atomic E-state index is 9.10. The van der Waals surface area contributed by atoms with Gasteiger partial charge in [0.1, 0.15) is 0 Å². The van der Waals surface area contributed by atoms with Crippen LogP contribution in [0, 0.1) is 0 Å². The summed E-state index contributed by atoms with van der Waals surface area (Å²) in [5.74, 6) is -7.30. The fraction of sp³-hybridized carbons (Fsp3) is 0. The molecule has 17 heteroatoms. The number of hydrogen-bond donors (Lipinski definition) is 10. The molecule has 0 bridgehead atoms. The Balaban J connectivity index is -0.0000000383. The van der Waals surface area contributed by atoms with Crippen LogP contribution in [0.15, 0.2) is 0 Å². The molecule has 0 rings (SSSR count). The third-order valence-corrected chi connectivity index (χ3v) is 0.366. The topological polar surface area (TPSA) is 271 Å². The van der Waals surface area contributed by atoms with Gasteiger partial charge in [-0.05, 0) is 0 Å². The van der Waals surface area contributed by atoms with Crippen LogP contribution in [0.2, 0.25) is 0 Å². The van der Waals surface area contributed by atoms with E-state index in [1.165, 1.54) is 0 Å². The number of hydrogen-bond acceptors (Lipinski definition) is 10. The van der Waals surface area contributed by atoms with Gasteiger partial charge in [-0.3, -0.25) is 0 Å². The molecule has 0 aromatic heterocycles. The zero-order valence-corrected chi connectivity index (χ0v) is 10.3. The van der Waals surface area contributed by atoms with Crippen LogP contribution >= 0.6 is 0 Å². The monoisotopic (exact) mass is 312 g/mol. The smallest absolute Gasteiger partial charge is 1.00 e. The third kappa shape index (κ3) is 121.